The largest absolute Gasteiger partial charge is 0.298 e. The monoisotopic (exact) mass is 432 g/mol. The first-order valence-electron chi connectivity index (χ1n) is 10.5. The Bertz CT molecular complexity index is 902. The highest BCUT2D eigenvalue weighted by molar-refractivity contribution is 7.91. The van der Waals surface area contributed by atoms with Gasteiger partial charge in [-0.2, -0.15) is 0 Å². The number of rotatable bonds is 7. The Labute approximate surface area is 179 Å². The summed E-state index contributed by atoms with van der Waals surface area (Å²) >= 11 is 5.90. The van der Waals surface area contributed by atoms with Crippen molar-refractivity contribution in [1.29, 1.82) is 0 Å². The predicted octanol–water partition coefficient (Wildman–Crippen LogP) is 4.24. The van der Waals surface area contributed by atoms with Crippen molar-refractivity contribution in [3.63, 3.8) is 0 Å². The summed E-state index contributed by atoms with van der Waals surface area (Å²) in [6.45, 7) is 3.72. The van der Waals surface area contributed by atoms with Crippen molar-refractivity contribution < 1.29 is 8.42 Å². The standard InChI is InChI=1S/C23H29ClN2O2S/c24-20-10-12-21(13-11-20)29(27,28)17-16-25-14-4-8-22(25)23-9-5-15-26(23)18-19-6-2-1-3-7-19/h1-3,6-7,10-13,22-23H,4-5,8-9,14-18H2. The minimum absolute atomic E-state index is 0.163. The topological polar surface area (TPSA) is 40.6 Å². The summed E-state index contributed by atoms with van der Waals surface area (Å²) in [4.78, 5) is 5.39. The first-order valence-corrected chi connectivity index (χ1v) is 12.6. The second-order valence-electron chi connectivity index (χ2n) is 8.18. The molecule has 2 saturated heterocycles. The fourth-order valence-electron chi connectivity index (χ4n) is 4.86. The fourth-order valence-corrected chi connectivity index (χ4v) is 6.25. The lowest BCUT2D eigenvalue weighted by atomic mass is 10.0. The highest BCUT2D eigenvalue weighted by atomic mass is 35.5. The lowest BCUT2D eigenvalue weighted by Gasteiger charge is -2.35. The first kappa shape index (κ1) is 20.9. The van der Waals surface area contributed by atoms with Gasteiger partial charge in [-0.1, -0.05) is 41.9 Å². The molecule has 0 N–H and O–H groups in total. The third-order valence-electron chi connectivity index (χ3n) is 6.32. The summed E-state index contributed by atoms with van der Waals surface area (Å²) in [7, 11) is -3.29. The van der Waals surface area contributed by atoms with Crippen molar-refractivity contribution >= 4 is 21.4 Å². The highest BCUT2D eigenvalue weighted by Gasteiger charge is 2.37. The molecule has 4 nitrogen and oxygen atoms in total. The van der Waals surface area contributed by atoms with E-state index in [0.29, 0.717) is 28.5 Å². The van der Waals surface area contributed by atoms with Crippen molar-refractivity contribution in [2.24, 2.45) is 0 Å². The summed E-state index contributed by atoms with van der Waals surface area (Å²) in [5.41, 5.74) is 1.36. The maximum absolute atomic E-state index is 12.8. The lowest BCUT2D eigenvalue weighted by molar-refractivity contribution is 0.133. The molecule has 0 aromatic heterocycles. The van der Waals surface area contributed by atoms with Crippen LogP contribution in [-0.2, 0) is 16.4 Å². The van der Waals surface area contributed by atoms with Gasteiger partial charge in [0.05, 0.1) is 10.6 Å². The molecule has 2 unspecified atom stereocenters. The van der Waals surface area contributed by atoms with E-state index in [1.807, 2.05) is 0 Å². The number of halogens is 1. The van der Waals surface area contributed by atoms with Gasteiger partial charge in [0.25, 0.3) is 0 Å². The molecule has 2 heterocycles. The molecule has 2 aliphatic heterocycles. The van der Waals surface area contributed by atoms with Crippen LogP contribution >= 0.6 is 11.6 Å². The van der Waals surface area contributed by atoms with Gasteiger partial charge in [0.2, 0.25) is 0 Å². The van der Waals surface area contributed by atoms with E-state index in [0.717, 1.165) is 32.5 Å². The Morgan fingerprint density at radius 1 is 0.862 bits per heavy atom. The zero-order valence-corrected chi connectivity index (χ0v) is 18.3. The van der Waals surface area contributed by atoms with Crippen LogP contribution in [0, 0.1) is 0 Å². The van der Waals surface area contributed by atoms with E-state index in [2.05, 4.69) is 40.1 Å². The quantitative estimate of drug-likeness (QED) is 0.656. The Morgan fingerprint density at radius 3 is 2.17 bits per heavy atom. The van der Waals surface area contributed by atoms with Crippen LogP contribution in [0.2, 0.25) is 5.02 Å². The molecule has 0 radical (unpaired) electrons. The average Bonchev–Trinajstić information content (AvgIpc) is 3.36. The Hall–Kier alpha value is -1.40. The SMILES string of the molecule is O=S(=O)(CCN1CCCC1C1CCCN1Cc1ccccc1)c1ccc(Cl)cc1. The molecule has 2 atom stereocenters. The van der Waals surface area contributed by atoms with Crippen LogP contribution in [0.4, 0.5) is 0 Å². The van der Waals surface area contributed by atoms with Gasteiger partial charge >= 0.3 is 0 Å². The molecule has 29 heavy (non-hydrogen) atoms. The maximum atomic E-state index is 12.8. The molecule has 0 bridgehead atoms. The van der Waals surface area contributed by atoms with Crippen molar-refractivity contribution in [1.82, 2.24) is 9.80 Å². The molecule has 0 amide bonds. The van der Waals surface area contributed by atoms with Gasteiger partial charge in [-0.25, -0.2) is 8.42 Å². The molecule has 2 aromatic rings. The molecule has 0 spiro atoms. The van der Waals surface area contributed by atoms with E-state index < -0.39 is 9.84 Å². The molecule has 6 heteroatoms. The predicted molar refractivity (Wildman–Crippen MR) is 118 cm³/mol. The van der Waals surface area contributed by atoms with E-state index in [4.69, 9.17) is 11.6 Å². The highest BCUT2D eigenvalue weighted by Crippen LogP contribution is 2.31. The minimum atomic E-state index is -3.29. The number of sulfone groups is 1. The van der Waals surface area contributed by atoms with Gasteiger partial charge in [0.15, 0.2) is 9.84 Å². The lowest BCUT2D eigenvalue weighted by Crippen LogP contribution is -2.47. The van der Waals surface area contributed by atoms with Gasteiger partial charge in [-0.3, -0.25) is 9.80 Å². The number of hydrogen-bond donors (Lipinski definition) is 0. The van der Waals surface area contributed by atoms with E-state index in [9.17, 15) is 8.42 Å². The molecule has 2 aliphatic rings. The molecule has 0 saturated carbocycles. The van der Waals surface area contributed by atoms with Gasteiger partial charge in [0, 0.05) is 30.2 Å². The minimum Gasteiger partial charge on any atom is -0.298 e. The second-order valence-corrected chi connectivity index (χ2v) is 10.7. The summed E-state index contributed by atoms with van der Waals surface area (Å²) in [5, 5.41) is 0.559. The Balaban J connectivity index is 1.40. The van der Waals surface area contributed by atoms with Gasteiger partial charge < -0.3 is 0 Å². The number of likely N-dealkylation sites (tertiary alicyclic amines) is 2. The van der Waals surface area contributed by atoms with E-state index in [1.54, 1.807) is 24.3 Å². The summed E-state index contributed by atoms with van der Waals surface area (Å²) in [6.07, 6.45) is 4.75. The van der Waals surface area contributed by atoms with Crippen LogP contribution in [0.3, 0.4) is 0 Å². The van der Waals surface area contributed by atoms with Crippen LogP contribution in [0.1, 0.15) is 31.2 Å². The molecular formula is C23H29ClN2O2S. The van der Waals surface area contributed by atoms with Crippen molar-refractivity contribution in [3.05, 3.63) is 65.2 Å². The number of nitrogens with zero attached hydrogens (tertiary/aromatic N) is 2. The van der Waals surface area contributed by atoms with Crippen LogP contribution < -0.4 is 0 Å². The normalized spacial score (nSPS) is 23.6. The molecule has 0 aliphatic carbocycles. The molecule has 2 aromatic carbocycles. The van der Waals surface area contributed by atoms with E-state index in [1.165, 1.54) is 18.4 Å². The number of hydrogen-bond acceptors (Lipinski definition) is 4. The average molecular weight is 433 g/mol. The Kier molecular flexibility index (Phi) is 6.60. The van der Waals surface area contributed by atoms with Crippen LogP contribution in [-0.4, -0.2) is 55.7 Å². The zero-order valence-electron chi connectivity index (χ0n) is 16.7. The Morgan fingerprint density at radius 2 is 1.48 bits per heavy atom. The van der Waals surface area contributed by atoms with E-state index in [-0.39, 0.29) is 5.75 Å². The van der Waals surface area contributed by atoms with Crippen molar-refractivity contribution in [3.8, 4) is 0 Å². The summed E-state index contributed by atoms with van der Waals surface area (Å²) in [5.74, 6) is 0.163. The van der Waals surface area contributed by atoms with Crippen LogP contribution in [0.25, 0.3) is 0 Å². The second kappa shape index (κ2) is 9.17. The van der Waals surface area contributed by atoms with Crippen molar-refractivity contribution in [2.45, 2.75) is 49.2 Å². The van der Waals surface area contributed by atoms with Gasteiger partial charge in [-0.05, 0) is 68.6 Å². The molecular weight excluding hydrogens is 404 g/mol. The van der Waals surface area contributed by atoms with Gasteiger partial charge in [-0.15, -0.1) is 0 Å². The smallest absolute Gasteiger partial charge is 0.179 e. The number of benzene rings is 2. The van der Waals surface area contributed by atoms with E-state index >= 15 is 0 Å². The summed E-state index contributed by atoms with van der Waals surface area (Å²) in [6, 6.07) is 18.1. The zero-order chi connectivity index (χ0) is 20.3. The fraction of sp³-hybridized carbons (Fsp3) is 0.478. The first-order chi connectivity index (χ1) is 14.0. The van der Waals surface area contributed by atoms with Gasteiger partial charge in [0.1, 0.15) is 0 Å². The van der Waals surface area contributed by atoms with Crippen LogP contribution in [0.5, 0.6) is 0 Å². The van der Waals surface area contributed by atoms with Crippen LogP contribution in [0.15, 0.2) is 59.5 Å². The molecule has 156 valence electrons. The summed E-state index contributed by atoms with van der Waals surface area (Å²) < 4.78 is 25.5. The van der Waals surface area contributed by atoms with Crippen molar-refractivity contribution in [2.75, 3.05) is 25.4 Å². The third kappa shape index (κ3) is 5.02. The third-order valence-corrected chi connectivity index (χ3v) is 8.28. The molecule has 2 fully saturated rings. The molecule has 4 rings (SSSR count). The maximum Gasteiger partial charge on any atom is 0.179 e.